The van der Waals surface area contributed by atoms with Crippen molar-refractivity contribution in [1.29, 1.82) is 0 Å². The summed E-state index contributed by atoms with van der Waals surface area (Å²) in [6, 6.07) is 16.8. The molecule has 0 N–H and O–H groups in total. The highest BCUT2D eigenvalue weighted by Crippen LogP contribution is 2.34. The lowest BCUT2D eigenvalue weighted by molar-refractivity contribution is -0.384. The van der Waals surface area contributed by atoms with E-state index in [9.17, 15) is 10.1 Å². The van der Waals surface area contributed by atoms with Crippen LogP contribution in [0.3, 0.4) is 0 Å². The summed E-state index contributed by atoms with van der Waals surface area (Å²) in [5.74, 6) is 0.779. The zero-order valence-corrected chi connectivity index (χ0v) is 16.8. The zero-order chi connectivity index (χ0) is 19.5. The summed E-state index contributed by atoms with van der Waals surface area (Å²) < 4.78 is 0. The minimum absolute atomic E-state index is 0.0138. The van der Waals surface area contributed by atoms with E-state index in [1.54, 1.807) is 35.2 Å². The van der Waals surface area contributed by atoms with Crippen LogP contribution in [0.2, 0.25) is 0 Å². The predicted octanol–water partition coefficient (Wildman–Crippen LogP) is 5.34. The molecule has 142 valence electrons. The van der Waals surface area contributed by atoms with Crippen LogP contribution in [0.4, 0.5) is 5.69 Å². The van der Waals surface area contributed by atoms with Crippen LogP contribution in [-0.4, -0.2) is 25.8 Å². The Bertz CT molecular complexity index is 1000. The van der Waals surface area contributed by atoms with E-state index in [1.165, 1.54) is 0 Å². The summed E-state index contributed by atoms with van der Waals surface area (Å²) in [5, 5.41) is 21.7. The van der Waals surface area contributed by atoms with Gasteiger partial charge in [0.2, 0.25) is 0 Å². The van der Waals surface area contributed by atoms with Gasteiger partial charge in [-0.2, -0.15) is 5.10 Å². The van der Waals surface area contributed by atoms with Gasteiger partial charge in [-0.05, 0) is 12.5 Å². The topological polar surface area (TPSA) is 71.6 Å². The first-order valence-electron chi connectivity index (χ1n) is 8.79. The van der Waals surface area contributed by atoms with Crippen LogP contribution in [0.5, 0.6) is 0 Å². The molecule has 8 heteroatoms. The van der Waals surface area contributed by atoms with Gasteiger partial charge >= 0.3 is 0 Å². The number of nitro benzene ring substituents is 1. The van der Waals surface area contributed by atoms with Crippen molar-refractivity contribution in [2.24, 2.45) is 5.10 Å². The van der Waals surface area contributed by atoms with Crippen molar-refractivity contribution in [3.8, 4) is 10.6 Å². The van der Waals surface area contributed by atoms with Gasteiger partial charge in [0.15, 0.2) is 0 Å². The monoisotopic (exact) mass is 410 g/mol. The normalized spacial score (nSPS) is 14.8. The van der Waals surface area contributed by atoms with E-state index in [0.717, 1.165) is 32.7 Å². The van der Waals surface area contributed by atoms with E-state index in [0.29, 0.717) is 6.42 Å². The van der Waals surface area contributed by atoms with Crippen molar-refractivity contribution in [3.63, 3.8) is 0 Å². The highest BCUT2D eigenvalue weighted by Gasteiger charge is 2.26. The van der Waals surface area contributed by atoms with Gasteiger partial charge in [-0.25, -0.2) is 4.98 Å². The summed E-state index contributed by atoms with van der Waals surface area (Å²) in [4.78, 5) is 15.4. The Kier molecular flexibility index (Phi) is 5.40. The van der Waals surface area contributed by atoms with Gasteiger partial charge in [-0.3, -0.25) is 15.1 Å². The average molecular weight is 411 g/mol. The highest BCUT2D eigenvalue weighted by atomic mass is 32.2. The van der Waals surface area contributed by atoms with Gasteiger partial charge in [0.1, 0.15) is 5.01 Å². The molecule has 0 bridgehead atoms. The van der Waals surface area contributed by atoms with Gasteiger partial charge in [0.05, 0.1) is 27.6 Å². The fourth-order valence-electron chi connectivity index (χ4n) is 3.05. The van der Waals surface area contributed by atoms with Crippen molar-refractivity contribution in [1.82, 2.24) is 9.99 Å². The predicted molar refractivity (Wildman–Crippen MR) is 114 cm³/mol. The Morgan fingerprint density at radius 1 is 1.18 bits per heavy atom. The number of nitro groups is 1. The quantitative estimate of drug-likeness (QED) is 0.405. The molecule has 1 aliphatic rings. The zero-order valence-electron chi connectivity index (χ0n) is 15.2. The molecule has 2 heterocycles. The second-order valence-corrected chi connectivity index (χ2v) is 8.41. The molecule has 0 amide bonds. The van der Waals surface area contributed by atoms with Gasteiger partial charge in [-0.15, -0.1) is 11.3 Å². The van der Waals surface area contributed by atoms with Gasteiger partial charge in [-0.1, -0.05) is 54.2 Å². The van der Waals surface area contributed by atoms with Gasteiger partial charge < -0.3 is 0 Å². The number of hydrogen-bond donors (Lipinski definition) is 0. The first kappa shape index (κ1) is 18.6. The number of thioether (sulfide) groups is 1. The van der Waals surface area contributed by atoms with Crippen molar-refractivity contribution >= 4 is 33.8 Å². The first-order chi connectivity index (χ1) is 13.6. The first-order valence-corrected chi connectivity index (χ1v) is 10.7. The second kappa shape index (κ2) is 8.12. The van der Waals surface area contributed by atoms with Gasteiger partial charge in [0.25, 0.3) is 5.69 Å². The molecule has 0 unspecified atom stereocenters. The third-order valence-corrected chi connectivity index (χ3v) is 6.30. The Morgan fingerprint density at radius 3 is 2.57 bits per heavy atom. The number of hydrogen-bond acceptors (Lipinski definition) is 7. The maximum atomic E-state index is 10.9. The minimum Gasteiger partial charge on any atom is -0.277 e. The third kappa shape index (κ3) is 4.07. The summed E-state index contributed by atoms with van der Waals surface area (Å²) in [6.45, 7) is 2.00. The lowest BCUT2D eigenvalue weighted by Gasteiger charge is -2.24. The molecule has 0 saturated heterocycles. The van der Waals surface area contributed by atoms with Crippen LogP contribution in [0.1, 0.15) is 24.2 Å². The molecule has 0 saturated carbocycles. The molecule has 0 radical (unpaired) electrons. The highest BCUT2D eigenvalue weighted by molar-refractivity contribution is 8.14. The summed E-state index contributed by atoms with van der Waals surface area (Å²) >= 11 is 3.34. The molecular weight excluding hydrogens is 392 g/mol. The molecule has 0 aliphatic carbocycles. The molecule has 28 heavy (non-hydrogen) atoms. The SMILES string of the molecule is CC1=NN([C@@H](Cc2ccc([N+](=O)[O-])cc2)c2csc(-c3ccccc3)n2)CS1. The van der Waals surface area contributed by atoms with E-state index >= 15 is 0 Å². The lowest BCUT2D eigenvalue weighted by Crippen LogP contribution is -2.23. The Hall–Kier alpha value is -2.71. The third-order valence-electron chi connectivity index (χ3n) is 4.50. The Morgan fingerprint density at radius 2 is 1.93 bits per heavy atom. The summed E-state index contributed by atoms with van der Waals surface area (Å²) in [7, 11) is 0. The molecule has 1 aliphatic heterocycles. The lowest BCUT2D eigenvalue weighted by atomic mass is 10.0. The number of benzene rings is 2. The van der Waals surface area contributed by atoms with E-state index < -0.39 is 0 Å². The number of hydrazone groups is 1. The van der Waals surface area contributed by atoms with E-state index in [4.69, 9.17) is 4.98 Å². The van der Waals surface area contributed by atoms with Crippen LogP contribution in [-0.2, 0) is 6.42 Å². The number of aromatic nitrogens is 1. The smallest absolute Gasteiger partial charge is 0.269 e. The summed E-state index contributed by atoms with van der Waals surface area (Å²) in [6.07, 6.45) is 0.688. The molecule has 1 aromatic heterocycles. The van der Waals surface area contributed by atoms with Crippen LogP contribution < -0.4 is 0 Å². The number of nitrogens with zero attached hydrogens (tertiary/aromatic N) is 4. The number of non-ortho nitro benzene ring substituents is 1. The Balaban J connectivity index is 1.63. The molecule has 0 fully saturated rings. The fraction of sp³-hybridized carbons (Fsp3) is 0.200. The molecule has 2 aromatic carbocycles. The Labute approximate surface area is 171 Å². The van der Waals surface area contributed by atoms with Crippen molar-refractivity contribution in [3.05, 3.63) is 81.3 Å². The van der Waals surface area contributed by atoms with E-state index in [-0.39, 0.29) is 16.7 Å². The standard InChI is InChI=1S/C20H18N4O2S2/c1-14-22-23(13-28-14)19(11-15-7-9-17(10-8-15)24(25)26)18-12-27-20(21-18)16-5-3-2-4-6-16/h2-10,12,19H,11,13H2,1H3/t19-/m0/s1. The molecule has 0 spiro atoms. The maximum absolute atomic E-state index is 10.9. The van der Waals surface area contributed by atoms with Crippen LogP contribution in [0.25, 0.3) is 10.6 Å². The van der Waals surface area contributed by atoms with Crippen LogP contribution >= 0.6 is 23.1 Å². The van der Waals surface area contributed by atoms with Crippen LogP contribution in [0.15, 0.2) is 65.1 Å². The molecule has 4 rings (SSSR count). The summed E-state index contributed by atoms with van der Waals surface area (Å²) in [5.41, 5.74) is 3.20. The second-order valence-electron chi connectivity index (χ2n) is 6.42. The fourth-order valence-corrected chi connectivity index (χ4v) is 4.64. The molecular formula is C20H18N4O2S2. The van der Waals surface area contributed by atoms with Crippen molar-refractivity contribution in [2.45, 2.75) is 19.4 Å². The average Bonchev–Trinajstić information content (AvgIpc) is 3.37. The van der Waals surface area contributed by atoms with Gasteiger partial charge in [0, 0.05) is 29.5 Å². The van der Waals surface area contributed by atoms with E-state index in [2.05, 4.69) is 27.6 Å². The molecule has 1 atom stereocenters. The largest absolute Gasteiger partial charge is 0.277 e. The van der Waals surface area contributed by atoms with Crippen molar-refractivity contribution < 1.29 is 4.92 Å². The van der Waals surface area contributed by atoms with E-state index in [1.807, 2.05) is 37.3 Å². The number of thiazole rings is 1. The molecule has 3 aromatic rings. The minimum atomic E-state index is -0.376. The molecule has 6 nitrogen and oxygen atoms in total. The van der Waals surface area contributed by atoms with Crippen LogP contribution in [0, 0.1) is 10.1 Å². The maximum Gasteiger partial charge on any atom is 0.269 e. The van der Waals surface area contributed by atoms with Crippen molar-refractivity contribution in [2.75, 3.05) is 5.88 Å². The number of rotatable bonds is 6.